The number of hydrogen-bond acceptors (Lipinski definition) is 5. The summed E-state index contributed by atoms with van der Waals surface area (Å²) in [5.41, 5.74) is 6.65. The Bertz CT molecular complexity index is 346. The van der Waals surface area contributed by atoms with Crippen molar-refractivity contribution in [3.63, 3.8) is 0 Å². The Morgan fingerprint density at radius 2 is 2.12 bits per heavy atom. The minimum absolute atomic E-state index is 0.554. The maximum atomic E-state index is 5.71. The Morgan fingerprint density at radius 1 is 1.38 bits per heavy atom. The van der Waals surface area contributed by atoms with Gasteiger partial charge in [0.1, 0.15) is 18.0 Å². The third-order valence-electron chi connectivity index (χ3n) is 3.04. The Hall–Kier alpha value is -1.36. The van der Waals surface area contributed by atoms with E-state index in [1.54, 1.807) is 0 Å². The number of anilines is 2. The highest BCUT2D eigenvalue weighted by molar-refractivity contribution is 5.53. The molecule has 0 atom stereocenters. The fourth-order valence-electron chi connectivity index (χ4n) is 1.98. The first-order valence-electron chi connectivity index (χ1n) is 5.80. The predicted octanol–water partition coefficient (Wildman–Crippen LogP) is 0.875. The quantitative estimate of drug-likeness (QED) is 0.790. The van der Waals surface area contributed by atoms with Crippen LogP contribution in [-0.2, 0) is 0 Å². The summed E-state index contributed by atoms with van der Waals surface area (Å²) in [6, 6.07) is 0. The van der Waals surface area contributed by atoms with Crippen molar-refractivity contribution in [2.24, 2.45) is 0 Å². The van der Waals surface area contributed by atoms with Crippen molar-refractivity contribution in [3.05, 3.63) is 11.9 Å². The van der Waals surface area contributed by atoms with E-state index in [0.717, 1.165) is 24.5 Å². The summed E-state index contributed by atoms with van der Waals surface area (Å²) in [4.78, 5) is 10.6. The van der Waals surface area contributed by atoms with Crippen LogP contribution in [0.1, 0.15) is 18.4 Å². The van der Waals surface area contributed by atoms with Gasteiger partial charge in [-0.25, -0.2) is 9.97 Å². The van der Waals surface area contributed by atoms with Crippen LogP contribution >= 0.6 is 0 Å². The zero-order chi connectivity index (χ0) is 11.4. The number of nitrogens with zero attached hydrogens (tertiary/aromatic N) is 3. The molecule has 0 unspecified atom stereocenters. The van der Waals surface area contributed by atoms with E-state index in [1.807, 2.05) is 6.92 Å². The van der Waals surface area contributed by atoms with Crippen LogP contribution in [0.2, 0.25) is 0 Å². The number of nitrogens with one attached hydrogen (secondary N) is 1. The van der Waals surface area contributed by atoms with Crippen molar-refractivity contribution in [2.45, 2.75) is 19.8 Å². The van der Waals surface area contributed by atoms with E-state index in [-0.39, 0.29) is 0 Å². The average molecular weight is 221 g/mol. The number of nitrogen functional groups attached to an aromatic ring is 1. The van der Waals surface area contributed by atoms with Crippen molar-refractivity contribution in [3.8, 4) is 0 Å². The summed E-state index contributed by atoms with van der Waals surface area (Å²) < 4.78 is 0. The van der Waals surface area contributed by atoms with Crippen LogP contribution < -0.4 is 11.1 Å². The minimum atomic E-state index is 0.554. The van der Waals surface area contributed by atoms with E-state index in [4.69, 9.17) is 5.73 Å². The number of rotatable bonds is 4. The highest BCUT2D eigenvalue weighted by atomic mass is 15.2. The minimum Gasteiger partial charge on any atom is -0.383 e. The van der Waals surface area contributed by atoms with Crippen LogP contribution in [0, 0.1) is 6.92 Å². The van der Waals surface area contributed by atoms with Gasteiger partial charge in [0.25, 0.3) is 0 Å². The Kier molecular flexibility index (Phi) is 3.56. The smallest absolute Gasteiger partial charge is 0.134 e. The topological polar surface area (TPSA) is 67.1 Å². The normalized spacial score (nSPS) is 16.6. The first kappa shape index (κ1) is 11.1. The van der Waals surface area contributed by atoms with E-state index < -0.39 is 0 Å². The van der Waals surface area contributed by atoms with Crippen LogP contribution in [0.25, 0.3) is 0 Å². The van der Waals surface area contributed by atoms with Gasteiger partial charge in [-0.05, 0) is 32.9 Å². The van der Waals surface area contributed by atoms with Crippen LogP contribution in [0.3, 0.4) is 0 Å². The monoisotopic (exact) mass is 221 g/mol. The number of aromatic nitrogens is 2. The first-order chi connectivity index (χ1) is 7.77. The van der Waals surface area contributed by atoms with E-state index in [0.29, 0.717) is 5.82 Å². The lowest BCUT2D eigenvalue weighted by Crippen LogP contribution is -2.26. The van der Waals surface area contributed by atoms with Crippen molar-refractivity contribution in [2.75, 3.05) is 37.2 Å². The molecule has 5 heteroatoms. The lowest BCUT2D eigenvalue weighted by molar-refractivity contribution is 0.352. The van der Waals surface area contributed by atoms with Crippen molar-refractivity contribution in [1.82, 2.24) is 14.9 Å². The van der Waals surface area contributed by atoms with Crippen LogP contribution in [0.5, 0.6) is 0 Å². The van der Waals surface area contributed by atoms with Crippen molar-refractivity contribution >= 4 is 11.6 Å². The van der Waals surface area contributed by atoms with Gasteiger partial charge in [-0.2, -0.15) is 0 Å². The van der Waals surface area contributed by atoms with Gasteiger partial charge in [-0.15, -0.1) is 0 Å². The number of likely N-dealkylation sites (tertiary alicyclic amines) is 1. The van der Waals surface area contributed by atoms with Gasteiger partial charge in [-0.1, -0.05) is 0 Å². The number of hydrogen-bond donors (Lipinski definition) is 2. The molecule has 0 aliphatic carbocycles. The molecule has 1 aromatic heterocycles. The molecular weight excluding hydrogens is 202 g/mol. The third kappa shape index (κ3) is 2.61. The summed E-state index contributed by atoms with van der Waals surface area (Å²) >= 11 is 0. The Morgan fingerprint density at radius 3 is 2.88 bits per heavy atom. The molecular formula is C11H19N5. The second-order valence-corrected chi connectivity index (χ2v) is 4.21. The molecule has 2 heterocycles. The van der Waals surface area contributed by atoms with Crippen LogP contribution in [-0.4, -0.2) is 41.0 Å². The molecule has 0 saturated carbocycles. The summed E-state index contributed by atoms with van der Waals surface area (Å²) in [6.07, 6.45) is 4.17. The number of nitrogens with two attached hydrogens (primary N) is 1. The van der Waals surface area contributed by atoms with Gasteiger partial charge in [0.05, 0.1) is 0 Å². The maximum absolute atomic E-state index is 5.71. The van der Waals surface area contributed by atoms with E-state index >= 15 is 0 Å². The van der Waals surface area contributed by atoms with Gasteiger partial charge in [0.2, 0.25) is 0 Å². The fraction of sp³-hybridized carbons (Fsp3) is 0.636. The van der Waals surface area contributed by atoms with Crippen molar-refractivity contribution in [1.29, 1.82) is 0 Å². The van der Waals surface area contributed by atoms with Gasteiger partial charge >= 0.3 is 0 Å². The molecule has 0 amide bonds. The molecule has 1 aliphatic heterocycles. The zero-order valence-electron chi connectivity index (χ0n) is 9.74. The third-order valence-corrected chi connectivity index (χ3v) is 3.04. The lowest BCUT2D eigenvalue weighted by atomic mass is 10.3. The molecule has 1 fully saturated rings. The molecule has 1 aromatic rings. The predicted molar refractivity (Wildman–Crippen MR) is 65.3 cm³/mol. The Labute approximate surface area is 96.1 Å². The molecule has 5 nitrogen and oxygen atoms in total. The first-order valence-corrected chi connectivity index (χ1v) is 5.80. The Balaban J connectivity index is 1.82. The molecule has 0 aromatic carbocycles. The maximum Gasteiger partial charge on any atom is 0.134 e. The molecule has 0 radical (unpaired) electrons. The summed E-state index contributed by atoms with van der Waals surface area (Å²) in [6.45, 7) is 6.38. The standard InChI is InChI=1S/C11H19N5/c1-9-10(12)14-8-15-11(9)13-4-7-16-5-2-3-6-16/h8H,2-7H2,1H3,(H3,12,13,14,15). The van der Waals surface area contributed by atoms with E-state index in [2.05, 4.69) is 20.2 Å². The summed E-state index contributed by atoms with van der Waals surface area (Å²) in [5.74, 6) is 1.41. The molecule has 88 valence electrons. The highest BCUT2D eigenvalue weighted by Gasteiger charge is 2.10. The highest BCUT2D eigenvalue weighted by Crippen LogP contribution is 2.14. The molecule has 0 bridgehead atoms. The van der Waals surface area contributed by atoms with E-state index in [1.165, 1.54) is 32.3 Å². The molecule has 16 heavy (non-hydrogen) atoms. The van der Waals surface area contributed by atoms with Gasteiger partial charge in [-0.3, -0.25) is 0 Å². The van der Waals surface area contributed by atoms with Crippen molar-refractivity contribution < 1.29 is 0 Å². The summed E-state index contributed by atoms with van der Waals surface area (Å²) in [7, 11) is 0. The second-order valence-electron chi connectivity index (χ2n) is 4.21. The van der Waals surface area contributed by atoms with Crippen LogP contribution in [0.15, 0.2) is 6.33 Å². The lowest BCUT2D eigenvalue weighted by Gasteiger charge is -2.15. The molecule has 1 aliphatic rings. The molecule has 0 spiro atoms. The SMILES string of the molecule is Cc1c(N)ncnc1NCCN1CCCC1. The van der Waals surface area contributed by atoms with Gasteiger partial charge < -0.3 is 16.0 Å². The van der Waals surface area contributed by atoms with E-state index in [9.17, 15) is 0 Å². The largest absolute Gasteiger partial charge is 0.383 e. The fourth-order valence-corrected chi connectivity index (χ4v) is 1.98. The molecule has 3 N–H and O–H groups in total. The van der Waals surface area contributed by atoms with Gasteiger partial charge in [0, 0.05) is 18.7 Å². The zero-order valence-corrected chi connectivity index (χ0v) is 9.74. The summed E-state index contributed by atoms with van der Waals surface area (Å²) in [5, 5.41) is 3.31. The van der Waals surface area contributed by atoms with Crippen LogP contribution in [0.4, 0.5) is 11.6 Å². The molecule has 2 rings (SSSR count). The molecule has 1 saturated heterocycles. The van der Waals surface area contributed by atoms with Gasteiger partial charge in [0.15, 0.2) is 0 Å². The average Bonchev–Trinajstić information content (AvgIpc) is 2.77. The second kappa shape index (κ2) is 5.12.